The van der Waals surface area contributed by atoms with E-state index in [-0.39, 0.29) is 10.6 Å². The zero-order valence-corrected chi connectivity index (χ0v) is 12.6. The molecule has 0 amide bonds. The second kappa shape index (κ2) is 6.23. The van der Waals surface area contributed by atoms with Crippen molar-refractivity contribution >= 4 is 33.0 Å². The molecule has 2 aromatic rings. The molecular formula is C12H12BrN3O2S. The third-order valence-electron chi connectivity index (χ3n) is 2.50. The second-order valence-electron chi connectivity index (χ2n) is 4.00. The minimum atomic E-state index is -0.364. The van der Waals surface area contributed by atoms with Crippen molar-refractivity contribution in [3.05, 3.63) is 54.4 Å². The summed E-state index contributed by atoms with van der Waals surface area (Å²) in [6, 6.07) is 4.94. The predicted molar refractivity (Wildman–Crippen MR) is 78.2 cm³/mol. The molecule has 2 rings (SSSR count). The van der Waals surface area contributed by atoms with Crippen molar-refractivity contribution in [3.8, 4) is 0 Å². The largest absolute Gasteiger partial charge is 0.306 e. The quantitative estimate of drug-likeness (QED) is 0.668. The Balaban J connectivity index is 2.02. The van der Waals surface area contributed by atoms with Gasteiger partial charge in [-0.15, -0.1) is 11.3 Å². The van der Waals surface area contributed by atoms with Crippen LogP contribution < -0.4 is 5.32 Å². The van der Waals surface area contributed by atoms with Crippen molar-refractivity contribution in [2.75, 3.05) is 0 Å². The molecule has 0 unspecified atom stereocenters. The maximum absolute atomic E-state index is 10.9. The molecule has 0 saturated heterocycles. The number of halogens is 1. The maximum atomic E-state index is 10.9. The molecule has 7 heteroatoms. The number of nitrogens with one attached hydrogen (secondary N) is 1. The lowest BCUT2D eigenvalue weighted by atomic mass is 10.2. The van der Waals surface area contributed by atoms with Gasteiger partial charge in [0.15, 0.2) is 0 Å². The molecule has 19 heavy (non-hydrogen) atoms. The van der Waals surface area contributed by atoms with Crippen LogP contribution in [0.2, 0.25) is 0 Å². The van der Waals surface area contributed by atoms with Crippen molar-refractivity contribution < 1.29 is 4.92 Å². The molecule has 100 valence electrons. The number of rotatable bonds is 5. The highest BCUT2D eigenvalue weighted by Gasteiger charge is 2.13. The van der Waals surface area contributed by atoms with Gasteiger partial charge in [-0.1, -0.05) is 15.9 Å². The topological polar surface area (TPSA) is 68.1 Å². The van der Waals surface area contributed by atoms with E-state index in [2.05, 4.69) is 26.2 Å². The van der Waals surface area contributed by atoms with E-state index in [0.29, 0.717) is 18.7 Å². The minimum Gasteiger partial charge on any atom is -0.306 e. The Kier molecular flexibility index (Phi) is 4.62. The van der Waals surface area contributed by atoms with Gasteiger partial charge in [0.25, 0.3) is 5.69 Å². The van der Waals surface area contributed by atoms with Gasteiger partial charge < -0.3 is 5.32 Å². The maximum Gasteiger partial charge on any atom is 0.273 e. The van der Waals surface area contributed by atoms with Gasteiger partial charge in [0, 0.05) is 40.3 Å². The van der Waals surface area contributed by atoms with Gasteiger partial charge in [0.05, 0.1) is 4.92 Å². The van der Waals surface area contributed by atoms with Crippen LogP contribution in [-0.2, 0) is 13.1 Å². The fourth-order valence-corrected chi connectivity index (χ4v) is 2.83. The summed E-state index contributed by atoms with van der Waals surface area (Å²) in [6.07, 6.45) is 1.82. The van der Waals surface area contributed by atoms with Crippen molar-refractivity contribution in [3.63, 3.8) is 0 Å². The van der Waals surface area contributed by atoms with Gasteiger partial charge in [0.1, 0.15) is 5.01 Å². The highest BCUT2D eigenvalue weighted by atomic mass is 79.9. The third-order valence-corrected chi connectivity index (χ3v) is 3.91. The van der Waals surface area contributed by atoms with E-state index in [4.69, 9.17) is 0 Å². The van der Waals surface area contributed by atoms with Crippen LogP contribution in [0.15, 0.2) is 28.9 Å². The molecule has 0 aliphatic rings. The van der Waals surface area contributed by atoms with E-state index in [1.807, 2.05) is 13.1 Å². The molecule has 0 aliphatic heterocycles. The number of hydrogen-bond donors (Lipinski definition) is 1. The Bertz CT molecular complexity index is 600. The van der Waals surface area contributed by atoms with Crippen LogP contribution >= 0.6 is 27.3 Å². The lowest BCUT2D eigenvalue weighted by Gasteiger charge is -2.05. The summed E-state index contributed by atoms with van der Waals surface area (Å²) in [5, 5.41) is 15.1. The first kappa shape index (κ1) is 14.1. The standard InChI is InChI=1S/C12H12BrN3O2S/c1-8-5-15-12(19-8)7-14-6-9-4-10(13)2-3-11(9)16(17)18/h2-5,14H,6-7H2,1H3. The predicted octanol–water partition coefficient (Wildman–Crippen LogP) is 3.41. The van der Waals surface area contributed by atoms with Crippen LogP contribution in [0.1, 0.15) is 15.4 Å². The highest BCUT2D eigenvalue weighted by molar-refractivity contribution is 9.10. The molecule has 0 spiro atoms. The Morgan fingerprint density at radius 3 is 2.89 bits per heavy atom. The average Bonchev–Trinajstić information content (AvgIpc) is 2.75. The molecule has 0 aliphatic carbocycles. The molecule has 5 nitrogen and oxygen atoms in total. The number of aryl methyl sites for hydroxylation is 1. The van der Waals surface area contributed by atoms with E-state index < -0.39 is 0 Å². The Morgan fingerprint density at radius 1 is 1.47 bits per heavy atom. The molecule has 0 atom stereocenters. The average molecular weight is 342 g/mol. The summed E-state index contributed by atoms with van der Waals surface area (Å²) in [7, 11) is 0. The molecule has 1 aromatic heterocycles. The van der Waals surface area contributed by atoms with Crippen LogP contribution in [0.25, 0.3) is 0 Å². The number of nitrogens with zero attached hydrogens (tertiary/aromatic N) is 2. The molecule has 0 bridgehead atoms. The molecule has 0 fully saturated rings. The summed E-state index contributed by atoms with van der Waals surface area (Å²) < 4.78 is 0.833. The van der Waals surface area contributed by atoms with E-state index in [1.165, 1.54) is 6.07 Å². The summed E-state index contributed by atoms with van der Waals surface area (Å²) >= 11 is 4.94. The number of nitro benzene ring substituents is 1. The van der Waals surface area contributed by atoms with Gasteiger partial charge in [-0.2, -0.15) is 0 Å². The molecule has 1 aromatic carbocycles. The molecule has 1 N–H and O–H groups in total. The minimum absolute atomic E-state index is 0.131. The van der Waals surface area contributed by atoms with Crippen molar-refractivity contribution in [1.82, 2.24) is 10.3 Å². The Labute approximate surface area is 123 Å². The smallest absolute Gasteiger partial charge is 0.273 e. The van der Waals surface area contributed by atoms with Gasteiger partial charge in [0.2, 0.25) is 0 Å². The highest BCUT2D eigenvalue weighted by Crippen LogP contribution is 2.23. The van der Waals surface area contributed by atoms with Crippen molar-refractivity contribution in [2.45, 2.75) is 20.0 Å². The van der Waals surface area contributed by atoms with Crippen LogP contribution in [0.5, 0.6) is 0 Å². The van der Waals surface area contributed by atoms with Crippen molar-refractivity contribution in [1.29, 1.82) is 0 Å². The number of aromatic nitrogens is 1. The zero-order chi connectivity index (χ0) is 13.8. The summed E-state index contributed by atoms with van der Waals surface area (Å²) in [5.41, 5.74) is 0.790. The van der Waals surface area contributed by atoms with Crippen LogP contribution in [0, 0.1) is 17.0 Å². The lowest BCUT2D eigenvalue weighted by molar-refractivity contribution is -0.385. The number of nitro groups is 1. The first-order chi connectivity index (χ1) is 9.06. The monoisotopic (exact) mass is 341 g/mol. The molecule has 1 heterocycles. The Hall–Kier alpha value is -1.31. The number of hydrogen-bond acceptors (Lipinski definition) is 5. The first-order valence-corrected chi connectivity index (χ1v) is 7.22. The van der Waals surface area contributed by atoms with Crippen LogP contribution in [0.3, 0.4) is 0 Å². The fraction of sp³-hybridized carbons (Fsp3) is 0.250. The normalized spacial score (nSPS) is 10.6. The van der Waals surface area contributed by atoms with Crippen LogP contribution in [0.4, 0.5) is 5.69 Å². The van der Waals surface area contributed by atoms with Gasteiger partial charge in [-0.05, 0) is 19.1 Å². The molecule has 0 radical (unpaired) electrons. The van der Waals surface area contributed by atoms with E-state index in [1.54, 1.807) is 23.5 Å². The lowest BCUT2D eigenvalue weighted by Crippen LogP contribution is -2.13. The fourth-order valence-electron chi connectivity index (χ4n) is 1.66. The molecule has 0 saturated carbocycles. The van der Waals surface area contributed by atoms with Crippen molar-refractivity contribution in [2.24, 2.45) is 0 Å². The number of thiazole rings is 1. The number of benzene rings is 1. The summed E-state index contributed by atoms with van der Waals surface area (Å²) in [5.74, 6) is 0. The van der Waals surface area contributed by atoms with Crippen LogP contribution in [-0.4, -0.2) is 9.91 Å². The van der Waals surface area contributed by atoms with Gasteiger partial charge in [-0.25, -0.2) is 4.98 Å². The van der Waals surface area contributed by atoms with E-state index in [0.717, 1.165) is 14.4 Å². The van der Waals surface area contributed by atoms with E-state index in [9.17, 15) is 10.1 Å². The van der Waals surface area contributed by atoms with Gasteiger partial charge >= 0.3 is 0 Å². The second-order valence-corrected chi connectivity index (χ2v) is 6.23. The summed E-state index contributed by atoms with van der Waals surface area (Å²) in [6.45, 7) is 3.05. The SMILES string of the molecule is Cc1cnc(CNCc2cc(Br)ccc2[N+](=O)[O-])s1. The summed E-state index contributed by atoms with van der Waals surface area (Å²) in [4.78, 5) is 16.0. The van der Waals surface area contributed by atoms with E-state index >= 15 is 0 Å². The zero-order valence-electron chi connectivity index (χ0n) is 10.2. The molecular weight excluding hydrogens is 330 g/mol. The third kappa shape index (κ3) is 3.82. The Morgan fingerprint density at radius 2 is 2.26 bits per heavy atom. The van der Waals surface area contributed by atoms with Gasteiger partial charge in [-0.3, -0.25) is 10.1 Å². The first-order valence-electron chi connectivity index (χ1n) is 5.61.